The summed E-state index contributed by atoms with van der Waals surface area (Å²) in [7, 11) is 0. The van der Waals surface area contributed by atoms with Crippen molar-refractivity contribution in [1.82, 2.24) is 0 Å². The minimum atomic E-state index is -0.934. The van der Waals surface area contributed by atoms with Gasteiger partial charge in [-0.3, -0.25) is 0 Å². The van der Waals surface area contributed by atoms with E-state index in [1.807, 2.05) is 0 Å². The van der Waals surface area contributed by atoms with E-state index in [1.165, 1.54) is 0 Å². The molecule has 0 aliphatic carbocycles. The maximum atomic E-state index is 10.1. The quantitative estimate of drug-likeness (QED) is 0.894. The van der Waals surface area contributed by atoms with Gasteiger partial charge in [0.15, 0.2) is 4.67 Å². The molecule has 1 saturated heterocycles. The van der Waals surface area contributed by atoms with Crippen LogP contribution in [0.5, 0.6) is 0 Å². The van der Waals surface area contributed by atoms with Crippen molar-refractivity contribution in [2.24, 2.45) is 5.41 Å². The van der Waals surface area contributed by atoms with Gasteiger partial charge in [-0.15, -0.1) is 0 Å². The van der Waals surface area contributed by atoms with E-state index in [-0.39, 0.29) is 6.61 Å². The maximum absolute atomic E-state index is 10.1. The molecule has 2 atom stereocenters. The zero-order chi connectivity index (χ0) is 10.9. The van der Waals surface area contributed by atoms with Gasteiger partial charge in [-0.25, -0.2) is 0 Å². The first-order chi connectivity index (χ1) is 7.18. The largest absolute Gasteiger partial charge is 0.452 e. The Bertz CT molecular complexity index is 390. The normalized spacial score (nSPS) is 27.5. The topological polar surface area (TPSA) is 66.4 Å². The van der Waals surface area contributed by atoms with Crippen LogP contribution in [-0.2, 0) is 4.74 Å². The molecule has 80 valence electrons. The summed E-state index contributed by atoms with van der Waals surface area (Å²) in [6.45, 7) is 0.759. The number of furan rings is 1. The molecule has 0 bridgehead atoms. The summed E-state index contributed by atoms with van der Waals surface area (Å²) in [5.74, 6) is 0.397. The average Bonchev–Trinajstić information content (AvgIpc) is 2.86. The molecule has 1 aromatic rings. The Labute approximate surface area is 95.6 Å². The fourth-order valence-electron chi connectivity index (χ4n) is 1.69. The first-order valence-electron chi connectivity index (χ1n) is 4.60. The molecule has 15 heavy (non-hydrogen) atoms. The van der Waals surface area contributed by atoms with E-state index in [2.05, 4.69) is 22.0 Å². The highest BCUT2D eigenvalue weighted by Crippen LogP contribution is 2.41. The number of halogens is 1. The molecule has 1 N–H and O–H groups in total. The van der Waals surface area contributed by atoms with Gasteiger partial charge in [-0.05, 0) is 34.5 Å². The molecule has 1 aromatic heterocycles. The van der Waals surface area contributed by atoms with E-state index in [1.54, 1.807) is 12.1 Å². The molecule has 0 radical (unpaired) electrons. The minimum absolute atomic E-state index is 0.253. The lowest BCUT2D eigenvalue weighted by atomic mass is 9.82. The highest BCUT2D eigenvalue weighted by molar-refractivity contribution is 9.10. The molecule has 1 aliphatic rings. The lowest BCUT2D eigenvalue weighted by Gasteiger charge is -2.23. The molecule has 1 aliphatic heterocycles. The Morgan fingerprint density at radius 3 is 2.87 bits per heavy atom. The minimum Gasteiger partial charge on any atom is -0.452 e. The van der Waals surface area contributed by atoms with Crippen LogP contribution in [0.3, 0.4) is 0 Å². The smallest absolute Gasteiger partial charge is 0.169 e. The van der Waals surface area contributed by atoms with Crippen molar-refractivity contribution in [3.8, 4) is 6.07 Å². The van der Waals surface area contributed by atoms with Crippen LogP contribution in [0.25, 0.3) is 0 Å². The van der Waals surface area contributed by atoms with Crippen molar-refractivity contribution in [3.63, 3.8) is 0 Å². The van der Waals surface area contributed by atoms with Crippen LogP contribution in [-0.4, -0.2) is 18.3 Å². The molecule has 0 spiro atoms. The van der Waals surface area contributed by atoms with Crippen molar-refractivity contribution in [2.75, 3.05) is 13.2 Å². The predicted molar refractivity (Wildman–Crippen MR) is 54.8 cm³/mol. The van der Waals surface area contributed by atoms with E-state index >= 15 is 0 Å². The summed E-state index contributed by atoms with van der Waals surface area (Å²) in [6.07, 6.45) is -0.403. The predicted octanol–water partition coefficient (Wildman–Crippen LogP) is 2.01. The number of nitrogens with zero attached hydrogens (tertiary/aromatic N) is 1. The number of nitriles is 1. The van der Waals surface area contributed by atoms with E-state index in [9.17, 15) is 5.11 Å². The van der Waals surface area contributed by atoms with Crippen LogP contribution < -0.4 is 0 Å². The van der Waals surface area contributed by atoms with Crippen LogP contribution in [0.1, 0.15) is 18.3 Å². The highest BCUT2D eigenvalue weighted by atomic mass is 79.9. The summed E-state index contributed by atoms with van der Waals surface area (Å²) in [5.41, 5.74) is -0.864. The second-order valence-corrected chi connectivity index (χ2v) is 4.40. The first-order valence-corrected chi connectivity index (χ1v) is 5.39. The van der Waals surface area contributed by atoms with E-state index in [0.717, 1.165) is 0 Å². The van der Waals surface area contributed by atoms with Crippen LogP contribution in [0, 0.1) is 16.7 Å². The third-order valence-electron chi connectivity index (χ3n) is 2.66. The van der Waals surface area contributed by atoms with Crippen molar-refractivity contribution < 1.29 is 14.3 Å². The Hall–Kier alpha value is -0.830. The number of aliphatic hydroxyl groups excluding tert-OH is 1. The number of rotatable bonds is 2. The molecule has 0 aromatic carbocycles. The molecular formula is C10H10BrNO3. The van der Waals surface area contributed by atoms with Gasteiger partial charge in [0.05, 0.1) is 12.7 Å². The molecule has 4 nitrogen and oxygen atoms in total. The van der Waals surface area contributed by atoms with E-state index in [4.69, 9.17) is 14.4 Å². The molecule has 2 heterocycles. The molecule has 0 amide bonds. The van der Waals surface area contributed by atoms with Gasteiger partial charge in [0, 0.05) is 6.61 Å². The summed E-state index contributed by atoms with van der Waals surface area (Å²) in [4.78, 5) is 0. The second-order valence-electron chi connectivity index (χ2n) is 3.61. The van der Waals surface area contributed by atoms with E-state index < -0.39 is 11.5 Å². The second kappa shape index (κ2) is 3.97. The summed E-state index contributed by atoms with van der Waals surface area (Å²) >= 11 is 3.16. The standard InChI is InChI=1S/C10H10BrNO3/c11-8-2-1-7(15-8)9(13)10(5-12)3-4-14-6-10/h1-2,9,13H,3-4,6H2. The molecule has 0 saturated carbocycles. The first kappa shape index (κ1) is 10.7. The zero-order valence-corrected chi connectivity index (χ0v) is 9.53. The SMILES string of the molecule is N#CC1(C(O)c2ccc(Br)o2)CCOC1. The number of ether oxygens (including phenoxy) is 1. The number of hydrogen-bond donors (Lipinski definition) is 1. The summed E-state index contributed by atoms with van der Waals surface area (Å²) < 4.78 is 11.0. The number of hydrogen-bond acceptors (Lipinski definition) is 4. The average molecular weight is 272 g/mol. The van der Waals surface area contributed by atoms with Gasteiger partial charge >= 0.3 is 0 Å². The van der Waals surface area contributed by atoms with Gasteiger partial charge in [-0.1, -0.05) is 0 Å². The molecule has 1 fully saturated rings. The van der Waals surface area contributed by atoms with Crippen LogP contribution >= 0.6 is 15.9 Å². The Kier molecular flexibility index (Phi) is 2.83. The lowest BCUT2D eigenvalue weighted by Crippen LogP contribution is -2.27. The Morgan fingerprint density at radius 1 is 1.60 bits per heavy atom. The van der Waals surface area contributed by atoms with Crippen LogP contribution in [0.2, 0.25) is 0 Å². The summed E-state index contributed by atoms with van der Waals surface area (Å²) in [6, 6.07) is 5.49. The highest BCUT2D eigenvalue weighted by Gasteiger charge is 2.44. The molecule has 2 rings (SSSR count). The Balaban J connectivity index is 2.26. The van der Waals surface area contributed by atoms with Gasteiger partial charge in [0.2, 0.25) is 0 Å². The van der Waals surface area contributed by atoms with Crippen molar-refractivity contribution in [3.05, 3.63) is 22.6 Å². The van der Waals surface area contributed by atoms with Crippen LogP contribution in [0.15, 0.2) is 21.2 Å². The zero-order valence-electron chi connectivity index (χ0n) is 7.94. The van der Waals surface area contributed by atoms with Crippen molar-refractivity contribution in [1.29, 1.82) is 5.26 Å². The fourth-order valence-corrected chi connectivity index (χ4v) is 2.01. The lowest BCUT2D eigenvalue weighted by molar-refractivity contribution is 0.0337. The van der Waals surface area contributed by atoms with Gasteiger partial charge in [0.1, 0.15) is 17.3 Å². The molecular weight excluding hydrogens is 262 g/mol. The summed E-state index contributed by atoms with van der Waals surface area (Å²) in [5, 5.41) is 19.2. The number of aliphatic hydroxyl groups is 1. The van der Waals surface area contributed by atoms with Crippen LogP contribution in [0.4, 0.5) is 0 Å². The molecule has 5 heteroatoms. The third-order valence-corrected chi connectivity index (χ3v) is 3.09. The van der Waals surface area contributed by atoms with Gasteiger partial charge < -0.3 is 14.3 Å². The monoisotopic (exact) mass is 271 g/mol. The molecule has 2 unspecified atom stereocenters. The third kappa shape index (κ3) is 1.81. The van der Waals surface area contributed by atoms with Crippen molar-refractivity contribution >= 4 is 15.9 Å². The van der Waals surface area contributed by atoms with Gasteiger partial charge in [0.25, 0.3) is 0 Å². The van der Waals surface area contributed by atoms with Crippen molar-refractivity contribution in [2.45, 2.75) is 12.5 Å². The van der Waals surface area contributed by atoms with E-state index in [0.29, 0.717) is 23.5 Å². The fraction of sp³-hybridized carbons (Fsp3) is 0.500. The Morgan fingerprint density at radius 2 is 2.40 bits per heavy atom. The maximum Gasteiger partial charge on any atom is 0.169 e. The van der Waals surface area contributed by atoms with Gasteiger partial charge in [-0.2, -0.15) is 5.26 Å².